The second-order valence-corrected chi connectivity index (χ2v) is 15.0. The highest BCUT2D eigenvalue weighted by atomic mass is 31.3. The van der Waals surface area contributed by atoms with Crippen molar-refractivity contribution in [3.8, 4) is 0 Å². The molecular weight excluding hydrogens is 725 g/mol. The summed E-state index contributed by atoms with van der Waals surface area (Å²) in [6.45, 7) is 0.892. The molecule has 25 nitrogen and oxygen atoms in total. The fourth-order valence-corrected chi connectivity index (χ4v) is 7.44. The van der Waals surface area contributed by atoms with Gasteiger partial charge in [0.1, 0.15) is 35.6 Å². The van der Waals surface area contributed by atoms with Crippen LogP contribution in [0, 0.1) is 0 Å². The van der Waals surface area contributed by atoms with Gasteiger partial charge in [-0.05, 0) is 13.8 Å². The van der Waals surface area contributed by atoms with Crippen molar-refractivity contribution in [2.24, 2.45) is 0 Å². The molecule has 0 saturated carbocycles. The quantitative estimate of drug-likeness (QED) is 0.102. The molecule has 2 aromatic rings. The number of rotatable bonds is 10. The fourth-order valence-electron chi connectivity index (χ4n) is 4.33. The first-order chi connectivity index (χ1) is 21.8. The highest BCUT2D eigenvalue weighted by Crippen LogP contribution is 2.66. The Morgan fingerprint density at radius 2 is 1.17 bits per heavy atom. The molecule has 48 heavy (non-hydrogen) atoms. The van der Waals surface area contributed by atoms with E-state index in [4.69, 9.17) is 29.3 Å². The van der Waals surface area contributed by atoms with Crippen LogP contribution in [-0.4, -0.2) is 113 Å². The molecule has 0 bridgehead atoms. The number of H-pyrrole nitrogens is 2. The van der Waals surface area contributed by atoms with Gasteiger partial charge < -0.3 is 54.6 Å². The third kappa shape index (κ3) is 9.38. The molecule has 0 spiro atoms. The Balaban J connectivity index is 0.000000294. The van der Waals surface area contributed by atoms with Gasteiger partial charge in [-0.1, -0.05) is 0 Å². The Bertz CT molecular complexity index is 1850. The summed E-state index contributed by atoms with van der Waals surface area (Å²) < 4.78 is 57.5. The van der Waals surface area contributed by atoms with Crippen molar-refractivity contribution in [1.82, 2.24) is 19.1 Å². The normalized spacial score (nSPS) is 33.0. The highest BCUT2D eigenvalue weighted by Gasteiger charge is 2.54. The molecule has 2 aromatic heterocycles. The first-order valence-electron chi connectivity index (χ1n) is 12.9. The summed E-state index contributed by atoms with van der Waals surface area (Å²) in [5.41, 5.74) is -6.45. The van der Waals surface area contributed by atoms with Crippen LogP contribution in [0.25, 0.3) is 0 Å². The van der Waals surface area contributed by atoms with Gasteiger partial charge >= 0.3 is 34.8 Å². The van der Waals surface area contributed by atoms with Crippen LogP contribution in [0.15, 0.2) is 43.7 Å². The van der Waals surface area contributed by atoms with Gasteiger partial charge in [-0.15, -0.1) is 0 Å². The summed E-state index contributed by atoms with van der Waals surface area (Å²) in [5, 5.41) is 49.1. The van der Waals surface area contributed by atoms with Crippen LogP contribution in [-0.2, 0) is 36.3 Å². The van der Waals surface area contributed by atoms with Crippen molar-refractivity contribution in [2.45, 2.75) is 61.9 Å². The van der Waals surface area contributed by atoms with Crippen LogP contribution in [0.1, 0.15) is 26.3 Å². The largest absolute Gasteiger partial charge is 0.490 e. The van der Waals surface area contributed by atoms with Crippen molar-refractivity contribution in [3.05, 3.63) is 66.2 Å². The van der Waals surface area contributed by atoms with Crippen LogP contribution < -0.4 is 22.5 Å². The first-order valence-corrected chi connectivity index (χ1v) is 17.5. The average Bonchev–Trinajstić information content (AvgIpc) is 3.30. The lowest BCUT2D eigenvalue weighted by Crippen LogP contribution is -2.44. The predicted octanol–water partition coefficient (Wildman–Crippen LogP) is -4.57. The number of ether oxygens (including phenoxy) is 2. The number of hydrogen-bond acceptors (Lipinski definition) is 17. The van der Waals surface area contributed by atoms with Crippen LogP contribution >= 0.6 is 23.5 Å². The third-order valence-electron chi connectivity index (χ3n) is 6.76. The molecule has 10 atom stereocenters. The zero-order valence-corrected chi connectivity index (χ0v) is 27.0. The molecule has 28 heteroatoms. The van der Waals surface area contributed by atoms with Gasteiger partial charge in [-0.2, -0.15) is 8.62 Å². The maximum Gasteiger partial charge on any atom is 0.490 e. The minimum Gasteiger partial charge on any atom is -0.393 e. The van der Waals surface area contributed by atoms with E-state index in [0.717, 1.165) is 36.0 Å². The van der Waals surface area contributed by atoms with Crippen molar-refractivity contribution in [1.29, 1.82) is 0 Å². The summed E-state index contributed by atoms with van der Waals surface area (Å²) in [6.07, 6.45) is -6.98. The Morgan fingerprint density at radius 3 is 1.54 bits per heavy atom. The van der Waals surface area contributed by atoms with Crippen LogP contribution in [0.3, 0.4) is 0 Å². The van der Waals surface area contributed by atoms with Crippen LogP contribution in [0.4, 0.5) is 0 Å². The highest BCUT2D eigenvalue weighted by molar-refractivity contribution is 7.66. The number of nitrogens with zero attached hydrogens (tertiary/aromatic N) is 2. The number of aliphatic hydroxyl groups is 5. The molecule has 2 aliphatic rings. The van der Waals surface area contributed by atoms with Gasteiger partial charge in [0.2, 0.25) is 0 Å². The smallest absolute Gasteiger partial charge is 0.393 e. The molecule has 2 fully saturated rings. The van der Waals surface area contributed by atoms with Gasteiger partial charge in [0.05, 0.1) is 13.2 Å². The molecular formula is C20H31N4O21P3. The number of phosphoric ester groups is 1. The average molecular weight is 756 g/mol. The second kappa shape index (κ2) is 14.4. The summed E-state index contributed by atoms with van der Waals surface area (Å²) in [4.78, 5) is 84.9. The standard InChI is InChI=1S/C10H17N2O15P3.C10H14N2O6/c1-10(4-24-29(20,21)27-30(22,23)26-28(17,18)19)7(15)6(14)8(25-10)12-3-2-5(13)11-9(12)16;1-10(4-13)7(16)6(15)8(18-10)12-3-2-5(14)11-9(12)17/h2-3,6-8,14-15H,4H2,1H3,(H,20,21)(H,22,23)(H,11,13,16)(H2,17,18,19);2-3,6-8,13,15-16H,4H2,1H3,(H,11,14,17)/t2*6-,7?,8+,10+/m00/s1. The summed E-state index contributed by atoms with van der Waals surface area (Å²) in [7, 11) is -16.8. The molecule has 2 saturated heterocycles. The minimum atomic E-state index is -5.75. The molecule has 2 aliphatic heterocycles. The Kier molecular flexibility index (Phi) is 12.0. The van der Waals surface area contributed by atoms with E-state index in [1.165, 1.54) is 6.92 Å². The Morgan fingerprint density at radius 1 is 0.750 bits per heavy atom. The number of hydrogen-bond donors (Lipinski definition) is 11. The molecule has 4 unspecified atom stereocenters. The lowest BCUT2D eigenvalue weighted by atomic mass is 9.99. The fraction of sp³-hybridized carbons (Fsp3) is 0.600. The summed E-state index contributed by atoms with van der Waals surface area (Å²) in [5.74, 6) is 0. The van der Waals surface area contributed by atoms with E-state index < -0.39 is 107 Å². The van der Waals surface area contributed by atoms with Crippen molar-refractivity contribution in [2.75, 3.05) is 13.2 Å². The lowest BCUT2D eigenvalue weighted by Gasteiger charge is -2.28. The van der Waals surface area contributed by atoms with E-state index in [2.05, 4.69) is 13.1 Å². The maximum atomic E-state index is 11.8. The van der Waals surface area contributed by atoms with Crippen molar-refractivity contribution < 1.29 is 81.4 Å². The van der Waals surface area contributed by atoms with E-state index >= 15 is 0 Å². The molecule has 4 heterocycles. The minimum absolute atomic E-state index is 0.514. The zero-order chi connectivity index (χ0) is 36.6. The zero-order valence-electron chi connectivity index (χ0n) is 24.3. The van der Waals surface area contributed by atoms with Crippen molar-refractivity contribution in [3.63, 3.8) is 0 Å². The van der Waals surface area contributed by atoms with Crippen LogP contribution in [0.5, 0.6) is 0 Å². The number of aliphatic hydroxyl groups excluding tert-OH is 5. The molecule has 0 aromatic carbocycles. The molecule has 4 rings (SSSR count). The number of nitrogens with one attached hydrogen (secondary N) is 2. The Labute approximate surface area is 265 Å². The van der Waals surface area contributed by atoms with Gasteiger partial charge in [-0.25, -0.2) is 23.3 Å². The van der Waals surface area contributed by atoms with Gasteiger partial charge in [0.15, 0.2) is 12.5 Å². The van der Waals surface area contributed by atoms with Gasteiger partial charge in [0.25, 0.3) is 11.1 Å². The molecule has 272 valence electrons. The van der Waals surface area contributed by atoms with E-state index in [0.29, 0.717) is 4.57 Å². The monoisotopic (exact) mass is 756 g/mol. The Hall–Kier alpha value is -2.51. The molecule has 0 radical (unpaired) electrons. The van der Waals surface area contributed by atoms with Gasteiger partial charge in [-0.3, -0.25) is 33.2 Å². The number of phosphoric acid groups is 3. The summed E-state index contributed by atoms with van der Waals surface area (Å²) >= 11 is 0. The van der Waals surface area contributed by atoms with E-state index in [1.807, 2.05) is 9.97 Å². The third-order valence-corrected chi connectivity index (χ3v) is 10.5. The van der Waals surface area contributed by atoms with E-state index in [9.17, 15) is 58.2 Å². The second-order valence-electron chi connectivity index (χ2n) is 10.6. The van der Waals surface area contributed by atoms with E-state index in [-0.39, 0.29) is 0 Å². The summed E-state index contributed by atoms with van der Waals surface area (Å²) in [6, 6.07) is 2.02. The van der Waals surface area contributed by atoms with Crippen LogP contribution in [0.2, 0.25) is 0 Å². The SMILES string of the molecule is C[C@]1(CO)O[C@@H](n2ccc(=O)[nH]c2=O)[C@@H](O)C1O.C[C@]1(COP(=O)(O)OP(=O)(O)OP(=O)(O)O)O[C@@H](n2ccc(=O)[nH]c2=O)[C@@H](O)C1O. The topological polar surface area (TPSA) is 389 Å². The molecule has 11 N–H and O–H groups in total. The molecule has 0 aliphatic carbocycles. The van der Waals surface area contributed by atoms with E-state index in [1.54, 1.807) is 0 Å². The van der Waals surface area contributed by atoms with Gasteiger partial charge in [0, 0.05) is 24.5 Å². The molecule has 0 amide bonds. The predicted molar refractivity (Wildman–Crippen MR) is 151 cm³/mol. The number of aromatic nitrogens is 4. The maximum absolute atomic E-state index is 11.8. The first kappa shape index (κ1) is 39.9. The number of aromatic amines is 2. The van der Waals surface area contributed by atoms with Crippen molar-refractivity contribution >= 4 is 23.5 Å². The lowest BCUT2D eigenvalue weighted by molar-refractivity contribution is -0.117.